The van der Waals surface area contributed by atoms with Crippen molar-refractivity contribution in [3.05, 3.63) is 76.4 Å². The van der Waals surface area contributed by atoms with E-state index in [2.05, 4.69) is 27.3 Å². The summed E-state index contributed by atoms with van der Waals surface area (Å²) >= 11 is 0. The lowest BCUT2D eigenvalue weighted by Gasteiger charge is -2.03. The van der Waals surface area contributed by atoms with Gasteiger partial charge in [0.1, 0.15) is 5.82 Å². The van der Waals surface area contributed by atoms with E-state index in [9.17, 15) is 14.9 Å². The van der Waals surface area contributed by atoms with Gasteiger partial charge in [0.05, 0.1) is 21.6 Å². The molecule has 0 bridgehead atoms. The summed E-state index contributed by atoms with van der Waals surface area (Å²) in [5.41, 5.74) is 3.01. The average Bonchev–Trinajstić information content (AvgIpc) is 3.39. The van der Waals surface area contributed by atoms with Gasteiger partial charge in [-0.1, -0.05) is 19.4 Å². The van der Waals surface area contributed by atoms with Gasteiger partial charge in [-0.2, -0.15) is 5.10 Å². The van der Waals surface area contributed by atoms with Crippen LogP contribution in [0.15, 0.2) is 54.7 Å². The molecular formula is C21H20N6O3. The van der Waals surface area contributed by atoms with E-state index >= 15 is 0 Å². The number of anilines is 1. The highest BCUT2D eigenvalue weighted by molar-refractivity contribution is 6.03. The largest absolute Gasteiger partial charge is 0.342 e. The zero-order chi connectivity index (χ0) is 21.1. The number of amides is 1. The highest BCUT2D eigenvalue weighted by Gasteiger charge is 2.13. The Labute approximate surface area is 171 Å². The normalized spacial score (nSPS) is 11.0. The van der Waals surface area contributed by atoms with Gasteiger partial charge in [0.2, 0.25) is 0 Å². The van der Waals surface area contributed by atoms with Crippen LogP contribution in [0.1, 0.15) is 36.1 Å². The van der Waals surface area contributed by atoms with Gasteiger partial charge in [0, 0.05) is 30.4 Å². The van der Waals surface area contributed by atoms with Crippen molar-refractivity contribution in [2.75, 3.05) is 5.32 Å². The Kier molecular flexibility index (Phi) is 5.25. The van der Waals surface area contributed by atoms with Crippen LogP contribution in [0.4, 0.5) is 11.4 Å². The van der Waals surface area contributed by atoms with E-state index in [0.29, 0.717) is 11.4 Å². The average molecular weight is 404 g/mol. The first kappa shape index (κ1) is 19.3. The number of aryl methyl sites for hydroxylation is 1. The number of nitro groups is 1. The van der Waals surface area contributed by atoms with Gasteiger partial charge in [-0.05, 0) is 36.8 Å². The molecule has 0 saturated carbocycles. The van der Waals surface area contributed by atoms with Gasteiger partial charge in [-0.25, -0.2) is 9.67 Å². The van der Waals surface area contributed by atoms with Gasteiger partial charge in [0.15, 0.2) is 5.69 Å². The van der Waals surface area contributed by atoms with Crippen molar-refractivity contribution in [3.63, 3.8) is 0 Å². The third kappa shape index (κ3) is 4.04. The number of imidazole rings is 1. The first-order valence-corrected chi connectivity index (χ1v) is 9.64. The number of nitrogens with zero attached hydrogens (tertiary/aromatic N) is 4. The van der Waals surface area contributed by atoms with E-state index in [-0.39, 0.29) is 17.3 Å². The van der Waals surface area contributed by atoms with Crippen LogP contribution in [-0.2, 0) is 6.42 Å². The molecule has 4 aromatic rings. The number of non-ortho nitro benzene ring substituents is 1. The first-order chi connectivity index (χ1) is 14.5. The Bertz CT molecular complexity index is 1230. The summed E-state index contributed by atoms with van der Waals surface area (Å²) < 4.78 is 1.43. The second-order valence-electron chi connectivity index (χ2n) is 6.90. The van der Waals surface area contributed by atoms with Gasteiger partial charge < -0.3 is 10.3 Å². The Morgan fingerprint density at radius 2 is 2.10 bits per heavy atom. The maximum absolute atomic E-state index is 12.6. The van der Waals surface area contributed by atoms with Crippen LogP contribution in [0, 0.1) is 10.1 Å². The fourth-order valence-electron chi connectivity index (χ4n) is 3.14. The molecule has 0 radical (unpaired) electrons. The molecule has 152 valence electrons. The number of hydrogen-bond acceptors (Lipinski definition) is 5. The van der Waals surface area contributed by atoms with E-state index in [1.807, 2.05) is 12.1 Å². The molecule has 9 heteroatoms. The lowest BCUT2D eigenvalue weighted by Crippen LogP contribution is -2.13. The van der Waals surface area contributed by atoms with E-state index in [0.717, 1.165) is 36.1 Å². The van der Waals surface area contributed by atoms with Crippen molar-refractivity contribution in [2.45, 2.75) is 26.2 Å². The number of H-pyrrole nitrogens is 1. The van der Waals surface area contributed by atoms with Crippen molar-refractivity contribution in [1.29, 1.82) is 0 Å². The number of nitro benzene ring substituents is 1. The zero-order valence-electron chi connectivity index (χ0n) is 16.3. The number of aromatic amines is 1. The zero-order valence-corrected chi connectivity index (χ0v) is 16.3. The number of hydrogen-bond donors (Lipinski definition) is 2. The predicted molar refractivity (Wildman–Crippen MR) is 113 cm³/mol. The lowest BCUT2D eigenvalue weighted by atomic mass is 10.2. The van der Waals surface area contributed by atoms with Crippen molar-refractivity contribution in [2.24, 2.45) is 0 Å². The molecule has 30 heavy (non-hydrogen) atoms. The van der Waals surface area contributed by atoms with Crippen molar-refractivity contribution >= 4 is 28.3 Å². The van der Waals surface area contributed by atoms with Crippen LogP contribution < -0.4 is 5.32 Å². The number of nitrogens with one attached hydrogen (secondary N) is 2. The Morgan fingerprint density at radius 1 is 1.23 bits per heavy atom. The summed E-state index contributed by atoms with van der Waals surface area (Å²) in [5, 5.41) is 18.0. The van der Waals surface area contributed by atoms with E-state index < -0.39 is 4.92 Å². The summed E-state index contributed by atoms with van der Waals surface area (Å²) in [4.78, 5) is 30.9. The molecule has 2 aromatic heterocycles. The number of carbonyl (C=O) groups excluding carboxylic acids is 1. The molecule has 2 N–H and O–H groups in total. The van der Waals surface area contributed by atoms with E-state index in [1.54, 1.807) is 30.5 Å². The molecule has 0 aliphatic carbocycles. The summed E-state index contributed by atoms with van der Waals surface area (Å²) in [5.74, 6) is 0.565. The van der Waals surface area contributed by atoms with Gasteiger partial charge in [-0.15, -0.1) is 0 Å². The molecule has 0 atom stereocenters. The van der Waals surface area contributed by atoms with Crippen LogP contribution in [0.25, 0.3) is 16.7 Å². The maximum Gasteiger partial charge on any atom is 0.276 e. The molecule has 0 unspecified atom stereocenters. The Hall–Kier alpha value is -4.01. The minimum atomic E-state index is -0.472. The van der Waals surface area contributed by atoms with Gasteiger partial charge in [0.25, 0.3) is 11.6 Å². The molecule has 0 fully saturated rings. The van der Waals surface area contributed by atoms with Crippen LogP contribution in [-0.4, -0.2) is 30.6 Å². The summed E-state index contributed by atoms with van der Waals surface area (Å²) in [6.45, 7) is 2.14. The van der Waals surface area contributed by atoms with Crippen molar-refractivity contribution < 1.29 is 9.72 Å². The number of fused-ring (bicyclic) bond motifs is 1. The number of unbranched alkanes of at least 4 members (excludes halogenated alkanes) is 1. The van der Waals surface area contributed by atoms with Crippen LogP contribution >= 0.6 is 0 Å². The monoisotopic (exact) mass is 404 g/mol. The molecular weight excluding hydrogens is 384 g/mol. The fraction of sp³-hybridized carbons (Fsp3) is 0.190. The molecule has 9 nitrogen and oxygen atoms in total. The third-order valence-corrected chi connectivity index (χ3v) is 4.68. The quantitative estimate of drug-likeness (QED) is 0.352. The molecule has 0 aliphatic heterocycles. The Balaban J connectivity index is 1.50. The molecule has 4 rings (SSSR count). The third-order valence-electron chi connectivity index (χ3n) is 4.68. The van der Waals surface area contributed by atoms with Crippen LogP contribution in [0.2, 0.25) is 0 Å². The summed E-state index contributed by atoms with van der Waals surface area (Å²) in [7, 11) is 0. The van der Waals surface area contributed by atoms with Gasteiger partial charge in [-0.3, -0.25) is 14.9 Å². The molecule has 1 amide bonds. The van der Waals surface area contributed by atoms with Crippen LogP contribution in [0.5, 0.6) is 0 Å². The Morgan fingerprint density at radius 3 is 2.90 bits per heavy atom. The molecule has 2 aromatic carbocycles. The minimum absolute atomic E-state index is 0.0415. The van der Waals surface area contributed by atoms with Crippen LogP contribution in [0.3, 0.4) is 0 Å². The fourth-order valence-corrected chi connectivity index (χ4v) is 3.14. The van der Waals surface area contributed by atoms with Crippen molar-refractivity contribution in [1.82, 2.24) is 19.7 Å². The van der Waals surface area contributed by atoms with E-state index in [4.69, 9.17) is 0 Å². The number of carbonyl (C=O) groups is 1. The summed E-state index contributed by atoms with van der Waals surface area (Å²) in [6.07, 6.45) is 4.64. The SMILES string of the molecule is CCCCc1nc2ccc(NC(=O)c3ccn(-c4cccc([N+](=O)[O-])c4)n3)cc2[nH]1. The molecule has 0 saturated heterocycles. The second-order valence-corrected chi connectivity index (χ2v) is 6.90. The highest BCUT2D eigenvalue weighted by atomic mass is 16.6. The molecule has 0 aliphatic rings. The molecule has 2 heterocycles. The van der Waals surface area contributed by atoms with E-state index in [1.165, 1.54) is 16.8 Å². The summed E-state index contributed by atoms with van der Waals surface area (Å²) in [6, 6.07) is 13.1. The van der Waals surface area contributed by atoms with Gasteiger partial charge >= 0.3 is 0 Å². The van der Waals surface area contributed by atoms with Crippen molar-refractivity contribution in [3.8, 4) is 5.69 Å². The standard InChI is InChI=1S/C21H20N6O3/c1-2-3-7-20-23-17-9-8-14(12-19(17)24-20)22-21(28)18-10-11-26(25-18)15-5-4-6-16(13-15)27(29)30/h4-6,8-13H,2-3,7H2,1H3,(H,22,28)(H,23,24). The highest BCUT2D eigenvalue weighted by Crippen LogP contribution is 2.20. The molecule has 0 spiro atoms. The smallest absolute Gasteiger partial charge is 0.276 e. The number of rotatable bonds is 7. The number of aromatic nitrogens is 4. The lowest BCUT2D eigenvalue weighted by molar-refractivity contribution is -0.384. The maximum atomic E-state index is 12.6. The minimum Gasteiger partial charge on any atom is -0.342 e. The first-order valence-electron chi connectivity index (χ1n) is 9.64. The predicted octanol–water partition coefficient (Wildman–Crippen LogP) is 4.25. The second kappa shape index (κ2) is 8.16. The topological polar surface area (TPSA) is 119 Å². The number of benzene rings is 2.